The van der Waals surface area contributed by atoms with Gasteiger partial charge in [0.1, 0.15) is 0 Å². The molecule has 1 fully saturated rings. The van der Waals surface area contributed by atoms with Crippen LogP contribution in [0.1, 0.15) is 38.1 Å². The Morgan fingerprint density at radius 3 is 2.57 bits per heavy atom. The van der Waals surface area contributed by atoms with Gasteiger partial charge in [-0.05, 0) is 45.3 Å². The van der Waals surface area contributed by atoms with Crippen molar-refractivity contribution in [3.8, 4) is 0 Å². The molecular weight excluding hydrogens is 311 g/mol. The molecule has 7 heteroatoms. The van der Waals surface area contributed by atoms with Crippen molar-refractivity contribution in [1.82, 2.24) is 5.32 Å². The highest BCUT2D eigenvalue weighted by Gasteiger charge is 2.51. The molecule has 1 saturated heterocycles. The van der Waals surface area contributed by atoms with Crippen molar-refractivity contribution in [3.05, 3.63) is 29.8 Å². The molecule has 0 aromatic heterocycles. The molecule has 5 nitrogen and oxygen atoms in total. The lowest BCUT2D eigenvalue weighted by Crippen LogP contribution is -2.41. The first-order valence-corrected chi connectivity index (χ1v) is 8.71. The van der Waals surface area contributed by atoms with E-state index in [4.69, 9.17) is 9.31 Å². The third-order valence-electron chi connectivity index (χ3n) is 4.48. The zero-order chi connectivity index (χ0) is 16.7. The Morgan fingerprint density at radius 2 is 1.96 bits per heavy atom. The first kappa shape index (κ1) is 16.5. The van der Waals surface area contributed by atoms with Gasteiger partial charge in [-0.15, -0.1) is 0 Å². The predicted molar refractivity (Wildman–Crippen MR) is 94.4 cm³/mol. The third kappa shape index (κ3) is 3.32. The maximum Gasteiger partial charge on any atom is 0.494 e. The fourth-order valence-corrected chi connectivity index (χ4v) is 3.11. The number of thioether (sulfide) groups is 1. The van der Waals surface area contributed by atoms with Crippen LogP contribution in [0.4, 0.5) is 0 Å². The van der Waals surface area contributed by atoms with E-state index in [1.165, 1.54) is 0 Å². The molecule has 1 aromatic carbocycles. The quantitative estimate of drug-likeness (QED) is 0.840. The van der Waals surface area contributed by atoms with E-state index in [1.807, 2.05) is 45.9 Å². The maximum absolute atomic E-state index is 12.3. The van der Waals surface area contributed by atoms with Crippen LogP contribution in [-0.2, 0) is 9.31 Å². The van der Waals surface area contributed by atoms with Gasteiger partial charge in [-0.1, -0.05) is 23.9 Å². The molecule has 23 heavy (non-hydrogen) atoms. The largest absolute Gasteiger partial charge is 0.494 e. The fourth-order valence-electron chi connectivity index (χ4n) is 2.39. The highest BCUT2D eigenvalue weighted by atomic mass is 32.2. The van der Waals surface area contributed by atoms with Crippen molar-refractivity contribution in [2.24, 2.45) is 4.99 Å². The first-order chi connectivity index (χ1) is 10.8. The minimum Gasteiger partial charge on any atom is -0.399 e. The van der Waals surface area contributed by atoms with E-state index in [0.717, 1.165) is 17.8 Å². The second-order valence-electron chi connectivity index (χ2n) is 6.70. The van der Waals surface area contributed by atoms with E-state index in [0.29, 0.717) is 10.7 Å². The standard InChI is InChI=1S/C16H21BN2O3S/c1-15(2)16(3,4)22-17(21-15)12-7-5-6-11(10-12)13(20)19-14-18-8-9-23-14/h5-7,10H,8-9H2,1-4H3,(H,18,19,20). The molecule has 0 bridgehead atoms. The summed E-state index contributed by atoms with van der Waals surface area (Å²) in [4.78, 5) is 16.6. The van der Waals surface area contributed by atoms with Gasteiger partial charge in [-0.25, -0.2) is 0 Å². The van der Waals surface area contributed by atoms with Gasteiger partial charge < -0.3 is 14.6 Å². The van der Waals surface area contributed by atoms with Crippen LogP contribution in [0.15, 0.2) is 29.3 Å². The van der Waals surface area contributed by atoms with Gasteiger partial charge in [0.2, 0.25) is 0 Å². The number of benzene rings is 1. The predicted octanol–water partition coefficient (Wildman–Crippen LogP) is 1.82. The van der Waals surface area contributed by atoms with Crippen molar-refractivity contribution >= 4 is 35.4 Å². The van der Waals surface area contributed by atoms with Gasteiger partial charge >= 0.3 is 7.12 Å². The van der Waals surface area contributed by atoms with Gasteiger partial charge in [0.25, 0.3) is 5.91 Å². The molecule has 0 aliphatic carbocycles. The second kappa shape index (κ2) is 5.96. The van der Waals surface area contributed by atoms with E-state index < -0.39 is 18.3 Å². The summed E-state index contributed by atoms with van der Waals surface area (Å²) in [5.74, 6) is 0.764. The summed E-state index contributed by atoms with van der Waals surface area (Å²) in [7, 11) is -0.467. The van der Waals surface area contributed by atoms with Gasteiger partial charge in [0.05, 0.1) is 17.7 Å². The molecule has 0 spiro atoms. The van der Waals surface area contributed by atoms with Crippen molar-refractivity contribution in [1.29, 1.82) is 0 Å². The number of rotatable bonds is 2. The zero-order valence-corrected chi connectivity index (χ0v) is 14.7. The Bertz CT molecular complexity index is 644. The van der Waals surface area contributed by atoms with Crippen LogP contribution in [0.5, 0.6) is 0 Å². The molecular formula is C16H21BN2O3S. The normalized spacial score (nSPS) is 22.1. The summed E-state index contributed by atoms with van der Waals surface area (Å²) in [6.45, 7) is 8.81. The number of aliphatic imine (C=N–C) groups is 1. The number of carbonyl (C=O) groups is 1. The number of amides is 1. The average molecular weight is 332 g/mol. The minimum absolute atomic E-state index is 0.156. The van der Waals surface area contributed by atoms with Gasteiger partial charge in [0, 0.05) is 11.3 Å². The lowest BCUT2D eigenvalue weighted by Gasteiger charge is -2.32. The van der Waals surface area contributed by atoms with Gasteiger partial charge in [0.15, 0.2) is 5.17 Å². The van der Waals surface area contributed by atoms with Gasteiger partial charge in [-0.2, -0.15) is 0 Å². The zero-order valence-electron chi connectivity index (χ0n) is 13.9. The van der Waals surface area contributed by atoms with Crippen LogP contribution < -0.4 is 10.8 Å². The highest BCUT2D eigenvalue weighted by molar-refractivity contribution is 8.14. The molecule has 3 rings (SSSR count). The molecule has 1 amide bonds. The summed E-state index contributed by atoms with van der Waals surface area (Å²) >= 11 is 1.56. The summed E-state index contributed by atoms with van der Waals surface area (Å²) in [6, 6.07) is 7.36. The van der Waals surface area contributed by atoms with E-state index in [-0.39, 0.29) is 5.91 Å². The number of nitrogens with one attached hydrogen (secondary N) is 1. The smallest absolute Gasteiger partial charge is 0.399 e. The lowest BCUT2D eigenvalue weighted by molar-refractivity contribution is 0.00578. The molecule has 2 aliphatic rings. The van der Waals surface area contributed by atoms with Crippen molar-refractivity contribution < 1.29 is 14.1 Å². The Kier molecular flexibility index (Phi) is 4.29. The fraction of sp³-hybridized carbons (Fsp3) is 0.500. The molecule has 1 N–H and O–H groups in total. The Morgan fingerprint density at radius 1 is 1.26 bits per heavy atom. The number of nitrogens with zero attached hydrogens (tertiary/aromatic N) is 1. The first-order valence-electron chi connectivity index (χ1n) is 7.73. The molecule has 122 valence electrons. The molecule has 0 saturated carbocycles. The summed E-state index contributed by atoms with van der Waals surface area (Å²) in [5, 5.41) is 3.53. The van der Waals surface area contributed by atoms with Crippen molar-refractivity contribution in [2.45, 2.75) is 38.9 Å². The Labute approximate surface area is 141 Å². The lowest BCUT2D eigenvalue weighted by atomic mass is 9.78. The third-order valence-corrected chi connectivity index (χ3v) is 5.37. The van der Waals surface area contributed by atoms with Crippen LogP contribution in [0, 0.1) is 0 Å². The van der Waals surface area contributed by atoms with E-state index in [2.05, 4.69) is 10.3 Å². The van der Waals surface area contributed by atoms with Crippen LogP contribution in [0.2, 0.25) is 0 Å². The van der Waals surface area contributed by atoms with Crippen molar-refractivity contribution in [2.75, 3.05) is 12.3 Å². The number of amidine groups is 1. The SMILES string of the molecule is CC1(C)OB(c2cccc(C(=O)NC3=NCCS3)c2)OC1(C)C. The molecule has 0 atom stereocenters. The Balaban J connectivity index is 1.77. The summed E-state index contributed by atoms with van der Waals surface area (Å²) in [5.41, 5.74) is 0.626. The van der Waals surface area contributed by atoms with E-state index in [9.17, 15) is 4.79 Å². The average Bonchev–Trinajstić information content (AvgIpc) is 3.05. The van der Waals surface area contributed by atoms with E-state index >= 15 is 0 Å². The number of hydrogen-bond donors (Lipinski definition) is 1. The van der Waals surface area contributed by atoms with Crippen LogP contribution >= 0.6 is 11.8 Å². The molecule has 2 heterocycles. The van der Waals surface area contributed by atoms with Crippen LogP contribution in [0.25, 0.3) is 0 Å². The Hall–Kier alpha value is -1.31. The molecule has 0 radical (unpaired) electrons. The van der Waals surface area contributed by atoms with Crippen LogP contribution in [0.3, 0.4) is 0 Å². The highest BCUT2D eigenvalue weighted by Crippen LogP contribution is 2.36. The maximum atomic E-state index is 12.3. The summed E-state index contributed by atoms with van der Waals surface area (Å²) < 4.78 is 12.1. The van der Waals surface area contributed by atoms with E-state index in [1.54, 1.807) is 17.8 Å². The number of carbonyl (C=O) groups excluding carboxylic acids is 1. The molecule has 2 aliphatic heterocycles. The topological polar surface area (TPSA) is 59.9 Å². The monoisotopic (exact) mass is 332 g/mol. The molecule has 1 aromatic rings. The minimum atomic E-state index is -0.467. The van der Waals surface area contributed by atoms with Crippen LogP contribution in [-0.4, -0.2) is 41.7 Å². The number of hydrogen-bond acceptors (Lipinski definition) is 5. The van der Waals surface area contributed by atoms with Crippen molar-refractivity contribution in [3.63, 3.8) is 0 Å². The van der Waals surface area contributed by atoms with Gasteiger partial charge in [-0.3, -0.25) is 9.79 Å². The second-order valence-corrected chi connectivity index (χ2v) is 7.79. The summed E-state index contributed by atoms with van der Waals surface area (Å²) in [6.07, 6.45) is 0. The molecule has 0 unspecified atom stereocenters.